The molecule has 1 fully saturated rings. The first-order valence-corrected chi connectivity index (χ1v) is 7.30. The standard InChI is InChI=1S/C14H15N3S/c1-2-4-11-9(3-1)12-10(5-6-15-12)13(17-11)14-16-7-8-18-14/h1-4,7-8,10,12-13,15,17H,5-6H2/t10-,12?,13+/m1/s1. The van der Waals surface area contributed by atoms with E-state index in [4.69, 9.17) is 0 Å². The van der Waals surface area contributed by atoms with Crippen LogP contribution in [0.15, 0.2) is 35.8 Å². The average Bonchev–Trinajstić information content (AvgIpc) is 3.09. The predicted molar refractivity (Wildman–Crippen MR) is 73.8 cm³/mol. The minimum Gasteiger partial charge on any atom is -0.375 e. The van der Waals surface area contributed by atoms with Crippen LogP contribution in [0.4, 0.5) is 5.69 Å². The highest BCUT2D eigenvalue weighted by Crippen LogP contribution is 2.47. The smallest absolute Gasteiger partial charge is 0.115 e. The van der Waals surface area contributed by atoms with Crippen molar-refractivity contribution in [2.45, 2.75) is 18.5 Å². The number of nitrogens with one attached hydrogen (secondary N) is 2. The molecular formula is C14H15N3S. The van der Waals surface area contributed by atoms with Gasteiger partial charge in [-0.25, -0.2) is 4.98 Å². The zero-order chi connectivity index (χ0) is 11.9. The number of hydrogen-bond donors (Lipinski definition) is 2. The summed E-state index contributed by atoms with van der Waals surface area (Å²) in [4.78, 5) is 4.50. The molecule has 2 aliphatic rings. The van der Waals surface area contributed by atoms with Gasteiger partial charge in [0.25, 0.3) is 0 Å². The fourth-order valence-electron chi connectivity index (χ4n) is 3.23. The van der Waals surface area contributed by atoms with Gasteiger partial charge in [-0.3, -0.25) is 0 Å². The molecular weight excluding hydrogens is 242 g/mol. The summed E-state index contributed by atoms with van der Waals surface area (Å²) in [6, 6.07) is 9.47. The molecule has 0 saturated carbocycles. The highest BCUT2D eigenvalue weighted by molar-refractivity contribution is 7.09. The van der Waals surface area contributed by atoms with Gasteiger partial charge < -0.3 is 10.6 Å². The largest absolute Gasteiger partial charge is 0.375 e. The quantitative estimate of drug-likeness (QED) is 0.824. The summed E-state index contributed by atoms with van der Waals surface area (Å²) in [6.45, 7) is 1.10. The van der Waals surface area contributed by atoms with Gasteiger partial charge in [-0.2, -0.15) is 0 Å². The Kier molecular flexibility index (Phi) is 2.38. The Bertz CT molecular complexity index is 552. The van der Waals surface area contributed by atoms with Gasteiger partial charge in [0.15, 0.2) is 0 Å². The molecule has 4 heteroatoms. The van der Waals surface area contributed by atoms with Crippen molar-refractivity contribution in [3.8, 4) is 0 Å². The van der Waals surface area contributed by atoms with E-state index in [2.05, 4.69) is 45.3 Å². The van der Waals surface area contributed by atoms with Gasteiger partial charge in [0, 0.05) is 29.2 Å². The highest BCUT2D eigenvalue weighted by atomic mass is 32.1. The first kappa shape index (κ1) is 10.5. The average molecular weight is 257 g/mol. The number of benzene rings is 1. The molecule has 0 bridgehead atoms. The van der Waals surface area contributed by atoms with Crippen molar-refractivity contribution in [3.63, 3.8) is 0 Å². The zero-order valence-electron chi connectivity index (χ0n) is 9.97. The van der Waals surface area contributed by atoms with Crippen LogP contribution in [0, 0.1) is 5.92 Å². The second-order valence-electron chi connectivity index (χ2n) is 4.96. The summed E-state index contributed by atoms with van der Waals surface area (Å²) in [5.74, 6) is 0.617. The van der Waals surface area contributed by atoms with E-state index in [0.717, 1.165) is 6.54 Å². The van der Waals surface area contributed by atoms with Gasteiger partial charge in [0.1, 0.15) is 5.01 Å². The van der Waals surface area contributed by atoms with Crippen molar-refractivity contribution in [1.82, 2.24) is 10.3 Å². The Morgan fingerprint density at radius 2 is 2.17 bits per heavy atom. The highest BCUT2D eigenvalue weighted by Gasteiger charge is 2.40. The Morgan fingerprint density at radius 1 is 1.22 bits per heavy atom. The molecule has 0 spiro atoms. The van der Waals surface area contributed by atoms with Crippen LogP contribution in [-0.2, 0) is 0 Å². The van der Waals surface area contributed by atoms with Crippen molar-refractivity contribution in [1.29, 1.82) is 0 Å². The summed E-state index contributed by atoms with van der Waals surface area (Å²) in [5, 5.41) is 10.6. The van der Waals surface area contributed by atoms with E-state index in [1.165, 1.54) is 22.7 Å². The predicted octanol–water partition coefficient (Wildman–Crippen LogP) is 2.96. The first-order chi connectivity index (χ1) is 8.93. The van der Waals surface area contributed by atoms with Crippen molar-refractivity contribution >= 4 is 17.0 Å². The van der Waals surface area contributed by atoms with Crippen molar-refractivity contribution < 1.29 is 0 Å². The molecule has 1 aromatic carbocycles. The number of anilines is 1. The number of thiazole rings is 1. The third-order valence-corrected chi connectivity index (χ3v) is 4.88. The van der Waals surface area contributed by atoms with Crippen molar-refractivity contribution in [2.75, 3.05) is 11.9 Å². The monoisotopic (exact) mass is 257 g/mol. The van der Waals surface area contributed by atoms with E-state index in [9.17, 15) is 0 Å². The fraction of sp³-hybridized carbons (Fsp3) is 0.357. The van der Waals surface area contributed by atoms with Crippen LogP contribution in [0.5, 0.6) is 0 Å². The molecule has 2 aromatic rings. The molecule has 1 unspecified atom stereocenters. The van der Waals surface area contributed by atoms with Gasteiger partial charge in [0.2, 0.25) is 0 Å². The van der Waals surface area contributed by atoms with E-state index in [-0.39, 0.29) is 0 Å². The molecule has 2 N–H and O–H groups in total. The Balaban J connectivity index is 1.80. The van der Waals surface area contributed by atoms with Crippen LogP contribution >= 0.6 is 11.3 Å². The summed E-state index contributed by atoms with van der Waals surface area (Å²) in [6.07, 6.45) is 3.12. The molecule has 1 saturated heterocycles. The van der Waals surface area contributed by atoms with Crippen molar-refractivity contribution in [3.05, 3.63) is 46.4 Å². The topological polar surface area (TPSA) is 37.0 Å². The molecule has 0 aliphatic carbocycles. The van der Waals surface area contributed by atoms with Crippen LogP contribution in [-0.4, -0.2) is 11.5 Å². The van der Waals surface area contributed by atoms with E-state index in [1.54, 1.807) is 11.3 Å². The lowest BCUT2D eigenvalue weighted by molar-refractivity contribution is 0.390. The molecule has 0 radical (unpaired) electrons. The molecule has 92 valence electrons. The second kappa shape index (κ2) is 4.07. The van der Waals surface area contributed by atoms with E-state index >= 15 is 0 Å². The summed E-state index contributed by atoms with van der Waals surface area (Å²) >= 11 is 1.75. The third kappa shape index (κ3) is 1.49. The Hall–Kier alpha value is -1.39. The molecule has 0 amide bonds. The van der Waals surface area contributed by atoms with E-state index < -0.39 is 0 Å². The molecule has 3 atom stereocenters. The SMILES string of the molecule is c1ccc2c(c1)N[C@H](c1nccs1)[C@@H]1CCNC21. The molecule has 3 nitrogen and oxygen atoms in total. The number of rotatable bonds is 1. The molecule has 2 aliphatic heterocycles. The molecule has 3 heterocycles. The third-order valence-electron chi connectivity index (χ3n) is 4.02. The minimum absolute atomic E-state index is 0.361. The van der Waals surface area contributed by atoms with Gasteiger partial charge in [0.05, 0.1) is 6.04 Å². The summed E-state index contributed by atoms with van der Waals surface area (Å²) < 4.78 is 0. The van der Waals surface area contributed by atoms with Gasteiger partial charge in [-0.15, -0.1) is 11.3 Å². The van der Waals surface area contributed by atoms with Crippen LogP contribution < -0.4 is 10.6 Å². The van der Waals surface area contributed by atoms with Crippen LogP contribution in [0.25, 0.3) is 0 Å². The van der Waals surface area contributed by atoms with Gasteiger partial charge in [-0.1, -0.05) is 18.2 Å². The normalized spacial score (nSPS) is 29.4. The van der Waals surface area contributed by atoms with Gasteiger partial charge in [-0.05, 0) is 24.6 Å². The number of fused-ring (bicyclic) bond motifs is 3. The van der Waals surface area contributed by atoms with E-state index in [1.807, 2.05) is 6.20 Å². The van der Waals surface area contributed by atoms with Crippen LogP contribution in [0.2, 0.25) is 0 Å². The lowest BCUT2D eigenvalue weighted by atomic mass is 9.83. The van der Waals surface area contributed by atoms with Gasteiger partial charge >= 0.3 is 0 Å². The summed E-state index contributed by atoms with van der Waals surface area (Å²) in [5.41, 5.74) is 2.67. The molecule has 18 heavy (non-hydrogen) atoms. The zero-order valence-corrected chi connectivity index (χ0v) is 10.8. The second-order valence-corrected chi connectivity index (χ2v) is 5.89. The maximum absolute atomic E-state index is 4.50. The van der Waals surface area contributed by atoms with Crippen molar-refractivity contribution in [2.24, 2.45) is 5.92 Å². The Labute approximate surface area is 110 Å². The maximum atomic E-state index is 4.50. The summed E-state index contributed by atoms with van der Waals surface area (Å²) in [7, 11) is 0. The Morgan fingerprint density at radius 3 is 3.06 bits per heavy atom. The number of hydrogen-bond acceptors (Lipinski definition) is 4. The fourth-order valence-corrected chi connectivity index (χ4v) is 3.99. The lowest BCUT2D eigenvalue weighted by Gasteiger charge is -2.35. The number of aromatic nitrogens is 1. The maximum Gasteiger partial charge on any atom is 0.115 e. The molecule has 1 aromatic heterocycles. The lowest BCUT2D eigenvalue weighted by Crippen LogP contribution is -2.32. The minimum atomic E-state index is 0.361. The first-order valence-electron chi connectivity index (χ1n) is 6.42. The van der Waals surface area contributed by atoms with E-state index in [0.29, 0.717) is 18.0 Å². The number of para-hydroxylation sites is 1. The van der Waals surface area contributed by atoms with Crippen LogP contribution in [0.1, 0.15) is 29.1 Å². The number of nitrogens with zero attached hydrogens (tertiary/aromatic N) is 1. The van der Waals surface area contributed by atoms with Crippen LogP contribution in [0.3, 0.4) is 0 Å². The molecule has 4 rings (SSSR count).